The molecule has 2 atom stereocenters. The SMILES string of the molecule is CON(C)C(=O)C(N)C(C)CO. The molecule has 0 aromatic rings. The molecule has 5 nitrogen and oxygen atoms in total. The fourth-order valence-electron chi connectivity index (χ4n) is 0.657. The Kier molecular flexibility index (Phi) is 4.80. The van der Waals surface area contributed by atoms with Crippen molar-refractivity contribution in [3.63, 3.8) is 0 Å². The van der Waals surface area contributed by atoms with E-state index in [1.807, 2.05) is 0 Å². The van der Waals surface area contributed by atoms with Gasteiger partial charge in [0.15, 0.2) is 0 Å². The molecule has 0 bridgehead atoms. The number of hydroxylamine groups is 2. The molecule has 0 aliphatic heterocycles. The maximum atomic E-state index is 11.2. The predicted octanol–water partition coefficient (Wildman–Crippen LogP) is -1.04. The van der Waals surface area contributed by atoms with Crippen LogP contribution in [0.2, 0.25) is 0 Å². The van der Waals surface area contributed by atoms with E-state index in [2.05, 4.69) is 4.84 Å². The topological polar surface area (TPSA) is 75.8 Å². The quantitative estimate of drug-likeness (QED) is 0.537. The van der Waals surface area contributed by atoms with Gasteiger partial charge in [-0.05, 0) is 0 Å². The van der Waals surface area contributed by atoms with Gasteiger partial charge in [0.25, 0.3) is 5.91 Å². The highest BCUT2D eigenvalue weighted by atomic mass is 16.7. The van der Waals surface area contributed by atoms with E-state index in [4.69, 9.17) is 10.8 Å². The third-order valence-electron chi connectivity index (χ3n) is 1.77. The van der Waals surface area contributed by atoms with Crippen LogP contribution in [-0.2, 0) is 9.63 Å². The number of carbonyl (C=O) groups excluding carboxylic acids is 1. The van der Waals surface area contributed by atoms with Gasteiger partial charge in [-0.2, -0.15) is 0 Å². The molecule has 5 heteroatoms. The molecule has 0 fully saturated rings. The Bertz CT molecular complexity index is 152. The average molecular weight is 176 g/mol. The molecule has 0 heterocycles. The first-order chi connectivity index (χ1) is 5.54. The van der Waals surface area contributed by atoms with E-state index in [-0.39, 0.29) is 18.4 Å². The number of hydrogen-bond donors (Lipinski definition) is 2. The van der Waals surface area contributed by atoms with Crippen molar-refractivity contribution in [2.75, 3.05) is 20.8 Å². The number of carbonyl (C=O) groups is 1. The molecule has 12 heavy (non-hydrogen) atoms. The molecule has 0 rings (SSSR count). The first-order valence-corrected chi connectivity index (χ1v) is 3.72. The van der Waals surface area contributed by atoms with Gasteiger partial charge in [-0.3, -0.25) is 9.63 Å². The van der Waals surface area contributed by atoms with Crippen LogP contribution in [0.1, 0.15) is 6.92 Å². The molecule has 1 amide bonds. The summed E-state index contributed by atoms with van der Waals surface area (Å²) in [6.45, 7) is 1.59. The van der Waals surface area contributed by atoms with Crippen LogP contribution >= 0.6 is 0 Å². The van der Waals surface area contributed by atoms with Crippen LogP contribution < -0.4 is 5.73 Å². The summed E-state index contributed by atoms with van der Waals surface area (Å²) in [5.74, 6) is -0.589. The molecular formula is C7H16N2O3. The largest absolute Gasteiger partial charge is 0.396 e. The number of rotatable bonds is 4. The molecule has 0 aromatic carbocycles. The van der Waals surface area contributed by atoms with Crippen LogP contribution in [0, 0.1) is 5.92 Å². The summed E-state index contributed by atoms with van der Waals surface area (Å²) in [6.07, 6.45) is 0. The lowest BCUT2D eigenvalue weighted by atomic mass is 10.0. The maximum absolute atomic E-state index is 11.2. The van der Waals surface area contributed by atoms with E-state index in [1.165, 1.54) is 14.2 Å². The van der Waals surface area contributed by atoms with Crippen molar-refractivity contribution in [1.29, 1.82) is 0 Å². The summed E-state index contributed by atoms with van der Waals surface area (Å²) in [5.41, 5.74) is 5.52. The second-order valence-electron chi connectivity index (χ2n) is 2.70. The third-order valence-corrected chi connectivity index (χ3v) is 1.77. The van der Waals surface area contributed by atoms with Gasteiger partial charge in [-0.25, -0.2) is 5.06 Å². The summed E-state index contributed by atoms with van der Waals surface area (Å²) < 4.78 is 0. The van der Waals surface area contributed by atoms with Gasteiger partial charge in [0, 0.05) is 19.6 Å². The Hall–Kier alpha value is -0.650. The highest BCUT2D eigenvalue weighted by Crippen LogP contribution is 2.02. The summed E-state index contributed by atoms with van der Waals surface area (Å²) in [7, 11) is 2.86. The minimum atomic E-state index is -0.708. The summed E-state index contributed by atoms with van der Waals surface area (Å²) in [4.78, 5) is 15.9. The highest BCUT2D eigenvalue weighted by molar-refractivity contribution is 5.80. The number of nitrogens with two attached hydrogens (primary N) is 1. The van der Waals surface area contributed by atoms with Gasteiger partial charge in [-0.1, -0.05) is 6.92 Å². The molecule has 0 aliphatic rings. The predicted molar refractivity (Wildman–Crippen MR) is 44.0 cm³/mol. The molecule has 3 N–H and O–H groups in total. The minimum Gasteiger partial charge on any atom is -0.396 e. The molecule has 72 valence electrons. The Morgan fingerprint density at radius 2 is 2.25 bits per heavy atom. The number of hydrogen-bond acceptors (Lipinski definition) is 4. The van der Waals surface area contributed by atoms with Gasteiger partial charge in [0.2, 0.25) is 0 Å². The Morgan fingerprint density at radius 1 is 1.75 bits per heavy atom. The van der Waals surface area contributed by atoms with Crippen LogP contribution in [0.15, 0.2) is 0 Å². The second kappa shape index (κ2) is 5.08. The van der Waals surface area contributed by atoms with E-state index in [9.17, 15) is 4.79 Å². The van der Waals surface area contributed by atoms with Crippen molar-refractivity contribution in [3.8, 4) is 0 Å². The molecule has 0 aromatic heterocycles. The van der Waals surface area contributed by atoms with E-state index in [0.717, 1.165) is 5.06 Å². The van der Waals surface area contributed by atoms with Crippen LogP contribution in [0.3, 0.4) is 0 Å². The van der Waals surface area contributed by atoms with Gasteiger partial charge in [-0.15, -0.1) is 0 Å². The van der Waals surface area contributed by atoms with Crippen molar-refractivity contribution >= 4 is 5.91 Å². The first kappa shape index (κ1) is 11.4. The van der Waals surface area contributed by atoms with Gasteiger partial charge in [0.1, 0.15) is 0 Å². The summed E-state index contributed by atoms with van der Waals surface area (Å²) >= 11 is 0. The van der Waals surface area contributed by atoms with E-state index < -0.39 is 6.04 Å². The lowest BCUT2D eigenvalue weighted by Crippen LogP contribution is -2.46. The molecule has 0 saturated carbocycles. The molecule has 0 aliphatic carbocycles. The zero-order valence-corrected chi connectivity index (χ0v) is 7.65. The summed E-state index contributed by atoms with van der Waals surface area (Å²) in [5, 5.41) is 9.77. The van der Waals surface area contributed by atoms with Gasteiger partial charge in [0.05, 0.1) is 13.2 Å². The second-order valence-corrected chi connectivity index (χ2v) is 2.70. The fraction of sp³-hybridized carbons (Fsp3) is 0.857. The lowest BCUT2D eigenvalue weighted by molar-refractivity contribution is -0.171. The number of aliphatic hydroxyl groups is 1. The Morgan fingerprint density at radius 3 is 2.58 bits per heavy atom. The van der Waals surface area contributed by atoms with Crippen LogP contribution in [0.4, 0.5) is 0 Å². The Balaban J connectivity index is 4.09. The molecule has 0 saturated heterocycles. The zero-order chi connectivity index (χ0) is 9.72. The number of nitrogens with zero attached hydrogens (tertiary/aromatic N) is 1. The van der Waals surface area contributed by atoms with Crippen LogP contribution in [0.5, 0.6) is 0 Å². The normalized spacial score (nSPS) is 15.4. The molecule has 0 spiro atoms. The minimum absolute atomic E-state index is 0.107. The van der Waals surface area contributed by atoms with Crippen LogP contribution in [-0.4, -0.2) is 42.9 Å². The third kappa shape index (κ3) is 2.77. The number of aliphatic hydroxyl groups excluding tert-OH is 1. The number of likely N-dealkylation sites (N-methyl/N-ethyl adjacent to an activating group) is 1. The highest BCUT2D eigenvalue weighted by Gasteiger charge is 2.23. The zero-order valence-electron chi connectivity index (χ0n) is 7.65. The monoisotopic (exact) mass is 176 g/mol. The van der Waals surface area contributed by atoms with Gasteiger partial charge < -0.3 is 10.8 Å². The smallest absolute Gasteiger partial charge is 0.263 e. The first-order valence-electron chi connectivity index (χ1n) is 3.72. The standard InChI is InChI=1S/C7H16N2O3/c1-5(4-10)6(8)7(11)9(2)12-3/h5-6,10H,4,8H2,1-3H3. The Labute approximate surface area is 72.1 Å². The maximum Gasteiger partial charge on any atom is 0.263 e. The average Bonchev–Trinajstić information content (AvgIpc) is 2.12. The van der Waals surface area contributed by atoms with E-state index in [0.29, 0.717) is 0 Å². The van der Waals surface area contributed by atoms with Crippen LogP contribution in [0.25, 0.3) is 0 Å². The number of amides is 1. The molecule has 2 unspecified atom stereocenters. The van der Waals surface area contributed by atoms with Crippen molar-refractivity contribution < 1.29 is 14.7 Å². The van der Waals surface area contributed by atoms with E-state index >= 15 is 0 Å². The van der Waals surface area contributed by atoms with Crippen molar-refractivity contribution in [2.45, 2.75) is 13.0 Å². The fourth-order valence-corrected chi connectivity index (χ4v) is 0.657. The summed E-state index contributed by atoms with van der Waals surface area (Å²) in [6, 6.07) is -0.708. The van der Waals surface area contributed by atoms with Gasteiger partial charge >= 0.3 is 0 Å². The molecular weight excluding hydrogens is 160 g/mol. The van der Waals surface area contributed by atoms with Crippen molar-refractivity contribution in [1.82, 2.24) is 5.06 Å². The lowest BCUT2D eigenvalue weighted by Gasteiger charge is -2.21. The molecule has 0 radical (unpaired) electrons. The van der Waals surface area contributed by atoms with Crippen molar-refractivity contribution in [2.24, 2.45) is 11.7 Å². The van der Waals surface area contributed by atoms with E-state index in [1.54, 1.807) is 6.92 Å². The van der Waals surface area contributed by atoms with Crippen molar-refractivity contribution in [3.05, 3.63) is 0 Å².